The van der Waals surface area contributed by atoms with Gasteiger partial charge in [-0.2, -0.15) is 0 Å². The number of hydrogen-bond acceptors (Lipinski definition) is 0. The van der Waals surface area contributed by atoms with E-state index < -0.39 is 0 Å². The van der Waals surface area contributed by atoms with Crippen LogP contribution >= 0.6 is 0 Å². The van der Waals surface area contributed by atoms with E-state index in [0.717, 1.165) is 0 Å². The third kappa shape index (κ3) is 3.41. The highest BCUT2D eigenvalue weighted by Crippen LogP contribution is 2.36. The lowest BCUT2D eigenvalue weighted by atomic mass is 9.81. The molecule has 2 atom stereocenters. The summed E-state index contributed by atoms with van der Waals surface area (Å²) in [7, 11) is 0. The summed E-state index contributed by atoms with van der Waals surface area (Å²) in [4.78, 5) is 0. The molecule has 0 radical (unpaired) electrons. The molecule has 0 aromatic heterocycles. The maximum Gasteiger partial charge on any atom is 0.00698 e. The SMILES string of the molecule is C=Cc1ccccc1C(C)c1ccccc1C(C)c1ccccc1C=C. The van der Waals surface area contributed by atoms with Crippen molar-refractivity contribution in [1.82, 2.24) is 0 Å². The zero-order chi connectivity index (χ0) is 18.5. The average molecular weight is 338 g/mol. The van der Waals surface area contributed by atoms with Crippen molar-refractivity contribution in [2.75, 3.05) is 0 Å². The van der Waals surface area contributed by atoms with Crippen LogP contribution in [0.15, 0.2) is 86.0 Å². The molecule has 0 spiro atoms. The highest BCUT2D eigenvalue weighted by molar-refractivity contribution is 5.58. The number of hydrogen-bond donors (Lipinski definition) is 0. The van der Waals surface area contributed by atoms with Crippen molar-refractivity contribution < 1.29 is 0 Å². The standard InChI is InChI=1S/C26H26/c1-5-21-13-7-9-15-23(21)19(3)25-17-11-12-18-26(25)20(4)24-16-10-8-14-22(24)6-2/h5-20H,1-2H2,3-4H3. The fourth-order valence-corrected chi connectivity index (χ4v) is 3.82. The second-order valence-electron chi connectivity index (χ2n) is 6.74. The van der Waals surface area contributed by atoms with Gasteiger partial charge in [0.2, 0.25) is 0 Å². The molecular formula is C26H26. The molecule has 3 aromatic carbocycles. The van der Waals surface area contributed by atoms with Gasteiger partial charge in [0, 0.05) is 11.8 Å². The Morgan fingerprint density at radius 1 is 0.538 bits per heavy atom. The van der Waals surface area contributed by atoms with Crippen molar-refractivity contribution in [2.24, 2.45) is 0 Å². The average Bonchev–Trinajstić information content (AvgIpc) is 2.72. The van der Waals surface area contributed by atoms with Crippen LogP contribution in [0.4, 0.5) is 0 Å². The van der Waals surface area contributed by atoms with E-state index in [1.165, 1.54) is 33.4 Å². The first-order valence-corrected chi connectivity index (χ1v) is 9.19. The molecule has 2 unspecified atom stereocenters. The molecular weight excluding hydrogens is 312 g/mol. The van der Waals surface area contributed by atoms with Crippen LogP contribution in [-0.4, -0.2) is 0 Å². The summed E-state index contributed by atoms with van der Waals surface area (Å²) in [6.07, 6.45) is 3.90. The Balaban J connectivity index is 2.08. The van der Waals surface area contributed by atoms with Gasteiger partial charge in [-0.05, 0) is 33.4 Å². The summed E-state index contributed by atoms with van der Waals surface area (Å²) in [5, 5.41) is 0. The van der Waals surface area contributed by atoms with Crippen LogP contribution in [0.5, 0.6) is 0 Å². The van der Waals surface area contributed by atoms with Crippen LogP contribution in [0, 0.1) is 0 Å². The minimum atomic E-state index is 0.304. The first kappa shape index (κ1) is 17.9. The monoisotopic (exact) mass is 338 g/mol. The van der Waals surface area contributed by atoms with Crippen LogP contribution in [0.1, 0.15) is 59.1 Å². The molecule has 0 saturated heterocycles. The van der Waals surface area contributed by atoms with Gasteiger partial charge in [-0.3, -0.25) is 0 Å². The van der Waals surface area contributed by atoms with Gasteiger partial charge in [0.1, 0.15) is 0 Å². The first-order chi connectivity index (χ1) is 12.7. The largest absolute Gasteiger partial charge is 0.0985 e. The quantitative estimate of drug-likeness (QED) is 0.443. The van der Waals surface area contributed by atoms with E-state index in [0.29, 0.717) is 11.8 Å². The lowest BCUT2D eigenvalue weighted by Crippen LogP contribution is -2.07. The summed E-state index contributed by atoms with van der Waals surface area (Å²) in [6.45, 7) is 12.5. The Morgan fingerprint density at radius 2 is 0.846 bits per heavy atom. The third-order valence-corrected chi connectivity index (χ3v) is 5.29. The predicted molar refractivity (Wildman–Crippen MR) is 115 cm³/mol. The molecule has 26 heavy (non-hydrogen) atoms. The molecule has 0 fully saturated rings. The smallest absolute Gasteiger partial charge is 0.00698 e. The Bertz CT molecular complexity index is 840. The lowest BCUT2D eigenvalue weighted by molar-refractivity contribution is 0.840. The van der Waals surface area contributed by atoms with Crippen LogP contribution < -0.4 is 0 Å². The summed E-state index contributed by atoms with van der Waals surface area (Å²) >= 11 is 0. The van der Waals surface area contributed by atoms with Gasteiger partial charge in [0.05, 0.1) is 0 Å². The summed E-state index contributed by atoms with van der Waals surface area (Å²) in [5.74, 6) is 0.609. The van der Waals surface area contributed by atoms with E-state index in [4.69, 9.17) is 0 Å². The molecule has 0 bridgehead atoms. The molecule has 130 valence electrons. The van der Waals surface area contributed by atoms with Crippen LogP contribution in [0.3, 0.4) is 0 Å². The molecule has 3 rings (SSSR count). The van der Waals surface area contributed by atoms with Gasteiger partial charge in [-0.15, -0.1) is 0 Å². The topological polar surface area (TPSA) is 0 Å². The minimum Gasteiger partial charge on any atom is -0.0985 e. The molecule has 0 N–H and O–H groups in total. The Hall–Kier alpha value is -2.86. The summed E-state index contributed by atoms with van der Waals surface area (Å²) in [6, 6.07) is 25.8. The molecule has 3 aromatic rings. The molecule has 0 aliphatic heterocycles. The Labute approximate surface area is 157 Å². The van der Waals surface area contributed by atoms with E-state index in [1.54, 1.807) is 0 Å². The van der Waals surface area contributed by atoms with Crippen molar-refractivity contribution in [1.29, 1.82) is 0 Å². The molecule has 0 nitrogen and oxygen atoms in total. The molecule has 0 aliphatic rings. The van der Waals surface area contributed by atoms with E-state index >= 15 is 0 Å². The van der Waals surface area contributed by atoms with Gasteiger partial charge in [-0.1, -0.05) is 112 Å². The second-order valence-corrected chi connectivity index (χ2v) is 6.74. The highest BCUT2D eigenvalue weighted by atomic mass is 14.2. The molecule has 0 heterocycles. The molecule has 0 saturated carbocycles. The highest BCUT2D eigenvalue weighted by Gasteiger charge is 2.19. The van der Waals surface area contributed by atoms with Crippen LogP contribution in [0.2, 0.25) is 0 Å². The summed E-state index contributed by atoms with van der Waals surface area (Å²) < 4.78 is 0. The fourth-order valence-electron chi connectivity index (χ4n) is 3.82. The van der Waals surface area contributed by atoms with Crippen LogP contribution in [0.25, 0.3) is 12.2 Å². The molecule has 0 aliphatic carbocycles. The second kappa shape index (κ2) is 8.01. The predicted octanol–water partition coefficient (Wildman–Crippen LogP) is 7.28. The minimum absolute atomic E-state index is 0.304. The van der Waals surface area contributed by atoms with Gasteiger partial charge in [-0.25, -0.2) is 0 Å². The van der Waals surface area contributed by atoms with Crippen LogP contribution in [-0.2, 0) is 0 Å². The molecule has 0 amide bonds. The van der Waals surface area contributed by atoms with Crippen molar-refractivity contribution in [3.05, 3.63) is 119 Å². The van der Waals surface area contributed by atoms with Crippen molar-refractivity contribution >= 4 is 12.2 Å². The summed E-state index contributed by atoms with van der Waals surface area (Å²) in [5.41, 5.74) is 7.78. The number of benzene rings is 3. The number of rotatable bonds is 6. The normalized spacial score (nSPS) is 13.0. The van der Waals surface area contributed by atoms with Crippen molar-refractivity contribution in [3.63, 3.8) is 0 Å². The van der Waals surface area contributed by atoms with Gasteiger partial charge < -0.3 is 0 Å². The van der Waals surface area contributed by atoms with Gasteiger partial charge in [0.25, 0.3) is 0 Å². The Morgan fingerprint density at radius 3 is 1.19 bits per heavy atom. The lowest BCUT2D eigenvalue weighted by Gasteiger charge is -2.23. The third-order valence-electron chi connectivity index (χ3n) is 5.29. The maximum absolute atomic E-state index is 3.98. The first-order valence-electron chi connectivity index (χ1n) is 9.19. The Kier molecular flexibility index (Phi) is 5.53. The van der Waals surface area contributed by atoms with E-state index in [-0.39, 0.29) is 0 Å². The zero-order valence-corrected chi connectivity index (χ0v) is 15.7. The van der Waals surface area contributed by atoms with Gasteiger partial charge in [0.15, 0.2) is 0 Å². The van der Waals surface area contributed by atoms with E-state index in [9.17, 15) is 0 Å². The molecule has 0 heteroatoms. The van der Waals surface area contributed by atoms with Gasteiger partial charge >= 0.3 is 0 Å². The fraction of sp³-hybridized carbons (Fsp3) is 0.154. The van der Waals surface area contributed by atoms with E-state index in [2.05, 4.69) is 99.8 Å². The zero-order valence-electron chi connectivity index (χ0n) is 15.7. The van der Waals surface area contributed by atoms with E-state index in [1.807, 2.05) is 12.2 Å². The van der Waals surface area contributed by atoms with Crippen molar-refractivity contribution in [3.8, 4) is 0 Å². The van der Waals surface area contributed by atoms with Crippen molar-refractivity contribution in [2.45, 2.75) is 25.7 Å². The maximum atomic E-state index is 3.98.